The second-order valence-electron chi connectivity index (χ2n) is 2.74. The predicted molar refractivity (Wildman–Crippen MR) is 53.4 cm³/mol. The normalized spacial score (nSPS) is 10.1. The number of halogens is 1. The summed E-state index contributed by atoms with van der Waals surface area (Å²) in [6.07, 6.45) is 3.03. The number of hydrogen-bond donors (Lipinski definition) is 0. The Morgan fingerprint density at radius 2 is 2.00 bits per heavy atom. The van der Waals surface area contributed by atoms with Crippen molar-refractivity contribution in [1.82, 2.24) is 9.55 Å². The van der Waals surface area contributed by atoms with Gasteiger partial charge in [-0.2, -0.15) is 0 Å². The van der Waals surface area contributed by atoms with Gasteiger partial charge in [-0.3, -0.25) is 9.36 Å². The first kappa shape index (κ1) is 8.97. The van der Waals surface area contributed by atoms with Gasteiger partial charge >= 0.3 is 0 Å². The topological polar surface area (TPSA) is 34.9 Å². The van der Waals surface area contributed by atoms with Gasteiger partial charge in [0.25, 0.3) is 5.91 Å². The number of aromatic nitrogens is 2. The minimum atomic E-state index is -0.173. The average molecular weight is 207 g/mol. The Hall–Kier alpha value is -1.61. The van der Waals surface area contributed by atoms with E-state index in [0.29, 0.717) is 5.56 Å². The summed E-state index contributed by atoms with van der Waals surface area (Å²) in [5.41, 5.74) is 0.590. The first-order valence-electron chi connectivity index (χ1n) is 4.07. The molecule has 2 aromatic rings. The molecule has 70 valence electrons. The average Bonchev–Trinajstić information content (AvgIpc) is 2.65. The van der Waals surface area contributed by atoms with Crippen LogP contribution < -0.4 is 0 Å². The van der Waals surface area contributed by atoms with Crippen LogP contribution >= 0.6 is 11.6 Å². The van der Waals surface area contributed by atoms with E-state index in [1.165, 1.54) is 17.0 Å². The maximum absolute atomic E-state index is 11.8. The maximum Gasteiger partial charge on any atom is 0.264 e. The highest BCUT2D eigenvalue weighted by Crippen LogP contribution is 2.09. The van der Waals surface area contributed by atoms with E-state index >= 15 is 0 Å². The van der Waals surface area contributed by atoms with Gasteiger partial charge in [0.15, 0.2) is 0 Å². The van der Waals surface area contributed by atoms with E-state index in [1.54, 1.807) is 24.3 Å². The molecule has 0 fully saturated rings. The second kappa shape index (κ2) is 3.64. The fourth-order valence-corrected chi connectivity index (χ4v) is 1.35. The molecule has 4 heteroatoms. The summed E-state index contributed by atoms with van der Waals surface area (Å²) < 4.78 is 1.30. The molecule has 0 saturated carbocycles. The third-order valence-corrected chi connectivity index (χ3v) is 2.11. The largest absolute Gasteiger partial charge is 0.268 e. The molecule has 0 radical (unpaired) electrons. The van der Waals surface area contributed by atoms with Gasteiger partial charge in [0.1, 0.15) is 0 Å². The highest BCUT2D eigenvalue weighted by atomic mass is 35.5. The Kier molecular flexibility index (Phi) is 2.33. The Morgan fingerprint density at radius 1 is 1.29 bits per heavy atom. The lowest BCUT2D eigenvalue weighted by Crippen LogP contribution is -2.10. The predicted octanol–water partition coefficient (Wildman–Crippen LogP) is 2.22. The van der Waals surface area contributed by atoms with E-state index in [4.69, 9.17) is 11.6 Å². The van der Waals surface area contributed by atoms with Crippen LogP contribution in [-0.2, 0) is 0 Å². The van der Waals surface area contributed by atoms with Gasteiger partial charge in [-0.25, -0.2) is 4.98 Å². The van der Waals surface area contributed by atoms with Gasteiger partial charge < -0.3 is 0 Å². The number of rotatable bonds is 1. The van der Waals surface area contributed by atoms with Crippen molar-refractivity contribution in [1.29, 1.82) is 0 Å². The Balaban J connectivity index is 2.39. The molecule has 0 bridgehead atoms. The van der Waals surface area contributed by atoms with Crippen LogP contribution in [0.3, 0.4) is 0 Å². The summed E-state index contributed by atoms with van der Waals surface area (Å²) in [5.74, 6) is -0.173. The molecule has 0 saturated heterocycles. The number of carbonyl (C=O) groups excluding carboxylic acids is 1. The second-order valence-corrected chi connectivity index (χ2v) is 3.08. The van der Waals surface area contributed by atoms with E-state index < -0.39 is 0 Å². The van der Waals surface area contributed by atoms with Crippen molar-refractivity contribution in [3.63, 3.8) is 0 Å². The van der Waals surface area contributed by atoms with Gasteiger partial charge in [0, 0.05) is 18.0 Å². The zero-order valence-electron chi connectivity index (χ0n) is 7.22. The maximum atomic E-state index is 11.8. The van der Waals surface area contributed by atoms with Crippen LogP contribution in [-0.4, -0.2) is 15.5 Å². The van der Waals surface area contributed by atoms with Gasteiger partial charge in [0.05, 0.1) is 0 Å². The minimum Gasteiger partial charge on any atom is -0.268 e. The SMILES string of the molecule is O=C(c1ccccc1)n1ccnc1Cl. The number of benzene rings is 1. The molecule has 0 unspecified atom stereocenters. The third-order valence-electron chi connectivity index (χ3n) is 1.84. The molecule has 14 heavy (non-hydrogen) atoms. The molecule has 0 aliphatic heterocycles. The first-order valence-corrected chi connectivity index (χ1v) is 4.45. The minimum absolute atomic E-state index is 0.173. The van der Waals surface area contributed by atoms with Crippen LogP contribution in [0.2, 0.25) is 5.28 Å². The van der Waals surface area contributed by atoms with Crippen molar-refractivity contribution in [3.05, 3.63) is 53.6 Å². The molecule has 3 nitrogen and oxygen atoms in total. The quantitative estimate of drug-likeness (QED) is 0.717. The van der Waals surface area contributed by atoms with E-state index in [-0.39, 0.29) is 11.2 Å². The molecular formula is C10H7ClN2O. The molecule has 0 spiro atoms. The molecular weight excluding hydrogens is 200 g/mol. The van der Waals surface area contributed by atoms with Crippen LogP contribution in [0.1, 0.15) is 10.4 Å². The van der Waals surface area contributed by atoms with Crippen molar-refractivity contribution in [2.45, 2.75) is 0 Å². The molecule has 1 aromatic heterocycles. The van der Waals surface area contributed by atoms with Gasteiger partial charge in [-0.15, -0.1) is 0 Å². The Morgan fingerprint density at radius 3 is 2.57 bits per heavy atom. The van der Waals surface area contributed by atoms with Crippen molar-refractivity contribution >= 4 is 17.5 Å². The van der Waals surface area contributed by atoms with Crippen LogP contribution in [0.5, 0.6) is 0 Å². The highest BCUT2D eigenvalue weighted by Gasteiger charge is 2.10. The molecule has 0 N–H and O–H groups in total. The van der Waals surface area contributed by atoms with Gasteiger partial charge in [0.2, 0.25) is 5.28 Å². The van der Waals surface area contributed by atoms with E-state index in [9.17, 15) is 4.79 Å². The summed E-state index contributed by atoms with van der Waals surface area (Å²) >= 11 is 5.72. The zero-order valence-corrected chi connectivity index (χ0v) is 7.98. The van der Waals surface area contributed by atoms with Crippen molar-refractivity contribution in [2.75, 3.05) is 0 Å². The summed E-state index contributed by atoms with van der Waals surface area (Å²) in [7, 11) is 0. The van der Waals surface area contributed by atoms with E-state index in [0.717, 1.165) is 0 Å². The third kappa shape index (κ3) is 1.54. The lowest BCUT2D eigenvalue weighted by atomic mass is 10.2. The number of hydrogen-bond acceptors (Lipinski definition) is 2. The van der Waals surface area contributed by atoms with Crippen LogP contribution in [0.25, 0.3) is 0 Å². The van der Waals surface area contributed by atoms with Crippen molar-refractivity contribution < 1.29 is 4.79 Å². The highest BCUT2D eigenvalue weighted by molar-refractivity contribution is 6.29. The van der Waals surface area contributed by atoms with Crippen LogP contribution in [0, 0.1) is 0 Å². The van der Waals surface area contributed by atoms with Gasteiger partial charge in [-0.05, 0) is 23.7 Å². The van der Waals surface area contributed by atoms with E-state index in [2.05, 4.69) is 4.98 Å². The molecule has 1 heterocycles. The lowest BCUT2D eigenvalue weighted by molar-refractivity contribution is 0.0960. The number of imidazole rings is 1. The monoisotopic (exact) mass is 206 g/mol. The number of carbonyl (C=O) groups is 1. The molecule has 1 aromatic carbocycles. The van der Waals surface area contributed by atoms with Crippen molar-refractivity contribution in [3.8, 4) is 0 Å². The molecule has 0 atom stereocenters. The molecule has 0 aliphatic rings. The summed E-state index contributed by atoms with van der Waals surface area (Å²) in [4.78, 5) is 15.5. The fourth-order valence-electron chi connectivity index (χ4n) is 1.16. The fraction of sp³-hybridized carbons (Fsp3) is 0. The number of nitrogens with zero attached hydrogens (tertiary/aromatic N) is 2. The van der Waals surface area contributed by atoms with Crippen molar-refractivity contribution in [2.24, 2.45) is 0 Å². The summed E-state index contributed by atoms with van der Waals surface area (Å²) in [5, 5.41) is 0.179. The summed E-state index contributed by atoms with van der Waals surface area (Å²) in [6.45, 7) is 0. The standard InChI is InChI=1S/C10H7ClN2O/c11-10-12-6-7-13(10)9(14)8-4-2-1-3-5-8/h1-7H. The molecule has 2 rings (SSSR count). The Labute approximate surface area is 86.0 Å². The van der Waals surface area contributed by atoms with Crippen LogP contribution in [0.15, 0.2) is 42.7 Å². The lowest BCUT2D eigenvalue weighted by Gasteiger charge is -2.01. The van der Waals surface area contributed by atoms with Gasteiger partial charge in [-0.1, -0.05) is 18.2 Å². The van der Waals surface area contributed by atoms with E-state index in [1.807, 2.05) is 6.07 Å². The van der Waals surface area contributed by atoms with Crippen LogP contribution in [0.4, 0.5) is 0 Å². The molecule has 0 amide bonds. The smallest absolute Gasteiger partial charge is 0.264 e. The first-order chi connectivity index (χ1) is 6.79. The Bertz CT molecular complexity index is 450. The molecule has 0 aliphatic carbocycles. The zero-order chi connectivity index (χ0) is 9.97. The summed E-state index contributed by atoms with van der Waals surface area (Å²) in [6, 6.07) is 8.93.